The Morgan fingerprint density at radius 1 is 1.25 bits per heavy atom. The molecule has 1 amide bonds. The minimum Gasteiger partial charge on any atom is -0.422 e. The molecule has 146 valence electrons. The number of fused-ring (bicyclic) bond motifs is 1. The lowest BCUT2D eigenvalue weighted by Crippen LogP contribution is -2.21. The van der Waals surface area contributed by atoms with Gasteiger partial charge in [0.15, 0.2) is 0 Å². The second-order valence-electron chi connectivity index (χ2n) is 6.46. The Hall–Kier alpha value is -2.84. The maximum atomic E-state index is 12.6. The van der Waals surface area contributed by atoms with Crippen molar-refractivity contribution < 1.29 is 17.6 Å². The SMILES string of the molecule is Cc1cc(Cl)cc2c(C(N)=O)c(Cc3cccc(NS(C)(=O)=O)c3)c(=O)oc12. The number of hydrogen-bond acceptors (Lipinski definition) is 5. The number of hydrogen-bond donors (Lipinski definition) is 2. The molecule has 0 saturated carbocycles. The first kappa shape index (κ1) is 19.9. The van der Waals surface area contributed by atoms with Crippen LogP contribution in [0.1, 0.15) is 27.0 Å². The molecule has 0 fully saturated rings. The van der Waals surface area contributed by atoms with Crippen LogP contribution in [0.4, 0.5) is 5.69 Å². The van der Waals surface area contributed by atoms with Crippen molar-refractivity contribution in [2.75, 3.05) is 11.0 Å². The van der Waals surface area contributed by atoms with Gasteiger partial charge in [-0.25, -0.2) is 13.2 Å². The van der Waals surface area contributed by atoms with Gasteiger partial charge in [0.2, 0.25) is 15.9 Å². The van der Waals surface area contributed by atoms with Crippen LogP contribution in [-0.2, 0) is 16.4 Å². The van der Waals surface area contributed by atoms with E-state index < -0.39 is 21.6 Å². The Labute approximate surface area is 166 Å². The van der Waals surface area contributed by atoms with Crippen LogP contribution in [0.2, 0.25) is 5.02 Å². The quantitative estimate of drug-likeness (QED) is 0.615. The van der Waals surface area contributed by atoms with E-state index in [1.807, 2.05) is 0 Å². The average Bonchev–Trinajstić information content (AvgIpc) is 2.55. The fraction of sp³-hybridized carbons (Fsp3) is 0.158. The van der Waals surface area contributed by atoms with Crippen LogP contribution in [0.15, 0.2) is 45.6 Å². The van der Waals surface area contributed by atoms with E-state index in [0.29, 0.717) is 27.2 Å². The Morgan fingerprint density at radius 2 is 1.96 bits per heavy atom. The third-order valence-corrected chi connectivity index (χ3v) is 4.93. The molecule has 0 saturated heterocycles. The number of rotatable bonds is 5. The number of halogens is 1. The minimum atomic E-state index is -3.45. The summed E-state index contributed by atoms with van der Waals surface area (Å²) in [5, 5.41) is 0.740. The van der Waals surface area contributed by atoms with Crippen LogP contribution in [0.3, 0.4) is 0 Å². The average molecular weight is 421 g/mol. The summed E-state index contributed by atoms with van der Waals surface area (Å²) in [7, 11) is -3.45. The largest absolute Gasteiger partial charge is 0.422 e. The summed E-state index contributed by atoms with van der Waals surface area (Å²) in [6.45, 7) is 1.71. The molecule has 0 unspecified atom stereocenters. The van der Waals surface area contributed by atoms with Crippen molar-refractivity contribution in [3.8, 4) is 0 Å². The lowest BCUT2D eigenvalue weighted by atomic mass is 9.97. The molecule has 0 radical (unpaired) electrons. The minimum absolute atomic E-state index is 0.0292. The van der Waals surface area contributed by atoms with E-state index in [9.17, 15) is 18.0 Å². The zero-order valence-corrected chi connectivity index (χ0v) is 16.6. The Bertz CT molecular complexity index is 1270. The molecule has 1 heterocycles. The smallest absolute Gasteiger partial charge is 0.340 e. The van der Waals surface area contributed by atoms with Crippen LogP contribution in [-0.4, -0.2) is 20.6 Å². The first-order valence-corrected chi connectivity index (χ1v) is 10.4. The molecule has 28 heavy (non-hydrogen) atoms. The van der Waals surface area contributed by atoms with Gasteiger partial charge in [-0.15, -0.1) is 0 Å². The molecule has 1 aromatic heterocycles. The standard InChI is InChI=1S/C19H17ClN2O5S/c1-10-6-12(20)9-14-16(18(21)23)15(19(24)27-17(10)14)8-11-4-3-5-13(7-11)22-28(2,25)26/h3-7,9,22H,8H2,1-2H3,(H2,21,23). The van der Waals surface area contributed by atoms with E-state index in [4.69, 9.17) is 21.8 Å². The van der Waals surface area contributed by atoms with Crippen molar-refractivity contribution in [3.05, 3.63) is 74.1 Å². The predicted octanol–water partition coefficient (Wildman–Crippen LogP) is 2.82. The number of carbonyl (C=O) groups is 1. The van der Waals surface area contributed by atoms with Crippen LogP contribution >= 0.6 is 11.6 Å². The number of sulfonamides is 1. The third kappa shape index (κ3) is 4.18. The Kier molecular flexibility index (Phi) is 5.18. The summed E-state index contributed by atoms with van der Waals surface area (Å²) in [6, 6.07) is 9.63. The lowest BCUT2D eigenvalue weighted by Gasteiger charge is -2.12. The zero-order chi connectivity index (χ0) is 20.6. The zero-order valence-electron chi connectivity index (χ0n) is 15.1. The van der Waals surface area contributed by atoms with Gasteiger partial charge >= 0.3 is 5.63 Å². The normalized spacial score (nSPS) is 11.5. The molecular formula is C19H17ClN2O5S. The van der Waals surface area contributed by atoms with Gasteiger partial charge in [0.05, 0.1) is 17.4 Å². The highest BCUT2D eigenvalue weighted by atomic mass is 35.5. The first-order chi connectivity index (χ1) is 13.0. The van der Waals surface area contributed by atoms with E-state index in [0.717, 1.165) is 6.26 Å². The molecule has 0 bridgehead atoms. The third-order valence-electron chi connectivity index (χ3n) is 4.11. The van der Waals surface area contributed by atoms with E-state index >= 15 is 0 Å². The summed E-state index contributed by atoms with van der Waals surface area (Å²) >= 11 is 6.10. The molecular weight excluding hydrogens is 404 g/mol. The number of primary amides is 1. The van der Waals surface area contributed by atoms with Crippen molar-refractivity contribution in [2.24, 2.45) is 5.73 Å². The number of nitrogens with two attached hydrogens (primary N) is 1. The first-order valence-electron chi connectivity index (χ1n) is 8.17. The summed E-state index contributed by atoms with van der Waals surface area (Å²) in [5.74, 6) is -0.778. The highest BCUT2D eigenvalue weighted by Gasteiger charge is 2.21. The van der Waals surface area contributed by atoms with E-state index in [1.54, 1.807) is 37.3 Å². The van der Waals surface area contributed by atoms with Gasteiger partial charge in [0, 0.05) is 22.5 Å². The molecule has 0 atom stereocenters. The molecule has 0 aliphatic rings. The van der Waals surface area contributed by atoms with Crippen LogP contribution < -0.4 is 16.1 Å². The summed E-state index contributed by atoms with van der Waals surface area (Å²) in [4.78, 5) is 24.8. The number of benzene rings is 2. The summed E-state index contributed by atoms with van der Waals surface area (Å²) in [5.41, 5.74) is 6.79. The van der Waals surface area contributed by atoms with Gasteiger partial charge in [-0.1, -0.05) is 23.7 Å². The topological polar surface area (TPSA) is 119 Å². The maximum absolute atomic E-state index is 12.6. The highest BCUT2D eigenvalue weighted by Crippen LogP contribution is 2.28. The van der Waals surface area contributed by atoms with Crippen molar-refractivity contribution in [3.63, 3.8) is 0 Å². The molecule has 7 nitrogen and oxygen atoms in total. The van der Waals surface area contributed by atoms with Crippen molar-refractivity contribution in [1.29, 1.82) is 0 Å². The van der Waals surface area contributed by atoms with E-state index in [2.05, 4.69) is 4.72 Å². The van der Waals surface area contributed by atoms with Crippen LogP contribution in [0, 0.1) is 6.92 Å². The van der Waals surface area contributed by atoms with Gasteiger partial charge in [-0.05, 0) is 42.3 Å². The molecule has 2 aromatic carbocycles. The maximum Gasteiger partial charge on any atom is 0.340 e. The predicted molar refractivity (Wildman–Crippen MR) is 108 cm³/mol. The van der Waals surface area contributed by atoms with E-state index in [-0.39, 0.29) is 23.1 Å². The number of nitrogens with one attached hydrogen (secondary N) is 1. The number of aryl methyl sites for hydroxylation is 1. The number of anilines is 1. The second-order valence-corrected chi connectivity index (χ2v) is 8.64. The van der Waals surface area contributed by atoms with Crippen molar-refractivity contribution in [2.45, 2.75) is 13.3 Å². The van der Waals surface area contributed by atoms with Gasteiger partial charge in [-0.2, -0.15) is 0 Å². The second kappa shape index (κ2) is 7.29. The van der Waals surface area contributed by atoms with Crippen molar-refractivity contribution in [1.82, 2.24) is 0 Å². The molecule has 0 aliphatic heterocycles. The lowest BCUT2D eigenvalue weighted by molar-refractivity contribution is 0.100. The fourth-order valence-corrected chi connectivity index (χ4v) is 3.90. The summed E-state index contributed by atoms with van der Waals surface area (Å²) < 4.78 is 30.6. The molecule has 0 spiro atoms. The van der Waals surface area contributed by atoms with E-state index in [1.165, 1.54) is 6.07 Å². The van der Waals surface area contributed by atoms with Crippen LogP contribution in [0.5, 0.6) is 0 Å². The van der Waals surface area contributed by atoms with Crippen molar-refractivity contribution >= 4 is 44.2 Å². The molecule has 3 aromatic rings. The van der Waals surface area contributed by atoms with Crippen LogP contribution in [0.25, 0.3) is 11.0 Å². The highest BCUT2D eigenvalue weighted by molar-refractivity contribution is 7.92. The van der Waals surface area contributed by atoms with Gasteiger partial charge in [0.25, 0.3) is 0 Å². The van der Waals surface area contributed by atoms with Gasteiger partial charge in [0.1, 0.15) is 5.58 Å². The number of amides is 1. The molecule has 3 N–H and O–H groups in total. The Morgan fingerprint density at radius 3 is 2.61 bits per heavy atom. The summed E-state index contributed by atoms with van der Waals surface area (Å²) in [6.07, 6.45) is 1.07. The molecule has 3 rings (SSSR count). The number of carbonyl (C=O) groups excluding carboxylic acids is 1. The molecule has 0 aliphatic carbocycles. The van der Waals surface area contributed by atoms with Gasteiger partial charge in [-0.3, -0.25) is 9.52 Å². The monoisotopic (exact) mass is 420 g/mol. The van der Waals surface area contributed by atoms with Gasteiger partial charge < -0.3 is 10.2 Å². The fourth-order valence-electron chi connectivity index (χ4n) is 3.07. The Balaban J connectivity index is 2.18. The molecule has 9 heteroatoms.